The minimum absolute atomic E-state index is 0.276. The molecule has 5 nitrogen and oxygen atoms in total. The number of aliphatic imine (C=N–C) groups is 1. The van der Waals surface area contributed by atoms with Gasteiger partial charge in [-0.2, -0.15) is 0 Å². The predicted molar refractivity (Wildman–Crippen MR) is 89.4 cm³/mol. The number of nitrogens with one attached hydrogen (secondary N) is 1. The van der Waals surface area contributed by atoms with E-state index in [1.807, 2.05) is 24.3 Å². The molecule has 1 aromatic rings. The molecule has 1 atom stereocenters. The van der Waals surface area contributed by atoms with E-state index in [1.54, 1.807) is 25.8 Å². The fraction of sp³-hybridized carbons (Fsp3) is 0.375. The van der Waals surface area contributed by atoms with Crippen molar-refractivity contribution >= 4 is 22.9 Å². The Bertz CT molecular complexity index is 621. The first-order valence-electron chi connectivity index (χ1n) is 7.02. The van der Waals surface area contributed by atoms with Crippen molar-refractivity contribution in [1.29, 1.82) is 0 Å². The van der Waals surface area contributed by atoms with Gasteiger partial charge in [0.1, 0.15) is 11.8 Å². The van der Waals surface area contributed by atoms with E-state index in [2.05, 4.69) is 24.2 Å². The number of carbonyl (C=O) groups is 1. The molecule has 1 unspecified atom stereocenters. The molecule has 0 aliphatic carbocycles. The van der Waals surface area contributed by atoms with Crippen molar-refractivity contribution in [2.45, 2.75) is 32.1 Å². The van der Waals surface area contributed by atoms with E-state index in [0.717, 1.165) is 16.5 Å². The summed E-state index contributed by atoms with van der Waals surface area (Å²) >= 11 is 1.59. The second-order valence-electron chi connectivity index (χ2n) is 5.25. The molecule has 22 heavy (non-hydrogen) atoms. The first-order chi connectivity index (χ1) is 10.4. The number of amidine groups is 1. The lowest BCUT2D eigenvalue weighted by molar-refractivity contribution is -0.133. The van der Waals surface area contributed by atoms with Crippen LogP contribution in [0.15, 0.2) is 40.5 Å². The fourth-order valence-electron chi connectivity index (χ4n) is 2.23. The molecule has 6 heteroatoms. The smallest absolute Gasteiger partial charge is 0.335 e. The fourth-order valence-corrected chi connectivity index (χ4v) is 3.06. The van der Waals surface area contributed by atoms with Crippen LogP contribution >= 0.6 is 11.8 Å². The zero-order valence-corrected chi connectivity index (χ0v) is 13.9. The molecule has 0 amide bonds. The summed E-state index contributed by atoms with van der Waals surface area (Å²) in [5.41, 5.74) is 1.74. The molecule has 1 aliphatic heterocycles. The molecular formula is C16H20N2O3S. The Balaban J connectivity index is 2.41. The number of methoxy groups -OCH3 is 1. The number of hydrogen-bond donors (Lipinski definition) is 2. The first kappa shape index (κ1) is 16.4. The minimum Gasteiger partial charge on any atom is -0.497 e. The number of allylic oxidation sites excluding steroid dienone is 1. The molecule has 118 valence electrons. The van der Waals surface area contributed by atoms with Crippen LogP contribution < -0.4 is 10.1 Å². The van der Waals surface area contributed by atoms with E-state index >= 15 is 0 Å². The maximum atomic E-state index is 11.6. The topological polar surface area (TPSA) is 70.9 Å². The summed E-state index contributed by atoms with van der Waals surface area (Å²) in [5.74, 6) is -0.223. The Morgan fingerprint density at radius 2 is 2.00 bits per heavy atom. The van der Waals surface area contributed by atoms with Gasteiger partial charge in [-0.25, -0.2) is 9.79 Å². The van der Waals surface area contributed by atoms with E-state index in [1.165, 1.54) is 0 Å². The Hall–Kier alpha value is -1.95. The molecule has 0 bridgehead atoms. The molecule has 2 N–H and O–H groups in total. The van der Waals surface area contributed by atoms with Crippen molar-refractivity contribution in [3.8, 4) is 5.75 Å². The Morgan fingerprint density at radius 1 is 1.36 bits per heavy atom. The lowest BCUT2D eigenvalue weighted by atomic mass is 9.97. The van der Waals surface area contributed by atoms with Crippen LogP contribution in [0.5, 0.6) is 5.75 Å². The molecule has 1 heterocycles. The average Bonchev–Trinajstić information content (AvgIpc) is 2.45. The molecule has 0 fully saturated rings. The quantitative estimate of drug-likeness (QED) is 0.891. The third kappa shape index (κ3) is 3.62. The maximum absolute atomic E-state index is 11.6. The van der Waals surface area contributed by atoms with Gasteiger partial charge in [0, 0.05) is 10.9 Å². The van der Waals surface area contributed by atoms with Crippen LogP contribution in [0.2, 0.25) is 0 Å². The Kier molecular flexibility index (Phi) is 5.13. The van der Waals surface area contributed by atoms with Crippen LogP contribution in [0, 0.1) is 0 Å². The van der Waals surface area contributed by atoms with E-state index in [9.17, 15) is 9.90 Å². The molecule has 2 rings (SSSR count). The summed E-state index contributed by atoms with van der Waals surface area (Å²) < 4.78 is 5.15. The van der Waals surface area contributed by atoms with E-state index in [0.29, 0.717) is 10.9 Å². The standard InChI is InChI=1S/C16H20N2O3S/c1-9(2)22-16-17-10(3)13(15(19)20)14(18-16)11-5-7-12(21-4)8-6-11/h5-9,14H,1-4H3,(H,17,18)(H,19,20). The maximum Gasteiger partial charge on any atom is 0.335 e. The zero-order chi connectivity index (χ0) is 16.3. The largest absolute Gasteiger partial charge is 0.497 e. The lowest BCUT2D eigenvalue weighted by Crippen LogP contribution is -2.30. The van der Waals surface area contributed by atoms with Crippen molar-refractivity contribution in [3.63, 3.8) is 0 Å². The van der Waals surface area contributed by atoms with Gasteiger partial charge >= 0.3 is 5.97 Å². The molecule has 1 aliphatic rings. The normalized spacial score (nSPS) is 18.0. The highest BCUT2D eigenvalue weighted by Gasteiger charge is 2.29. The van der Waals surface area contributed by atoms with E-state index in [-0.39, 0.29) is 5.57 Å². The molecule has 0 saturated heterocycles. The highest BCUT2D eigenvalue weighted by atomic mass is 32.2. The summed E-state index contributed by atoms with van der Waals surface area (Å²) in [4.78, 5) is 16.2. The number of benzene rings is 1. The molecular weight excluding hydrogens is 300 g/mol. The average molecular weight is 320 g/mol. The number of aliphatic carboxylic acids is 1. The molecule has 1 aromatic carbocycles. The van der Waals surface area contributed by atoms with Crippen molar-refractivity contribution in [3.05, 3.63) is 41.1 Å². The first-order valence-corrected chi connectivity index (χ1v) is 7.89. The monoisotopic (exact) mass is 320 g/mol. The van der Waals surface area contributed by atoms with Gasteiger partial charge in [0.25, 0.3) is 0 Å². The zero-order valence-electron chi connectivity index (χ0n) is 13.1. The number of thioether (sulfide) groups is 1. The number of carboxylic acids is 1. The summed E-state index contributed by atoms with van der Waals surface area (Å²) in [6, 6.07) is 6.83. The van der Waals surface area contributed by atoms with Gasteiger partial charge < -0.3 is 15.2 Å². The van der Waals surface area contributed by atoms with Crippen molar-refractivity contribution < 1.29 is 14.6 Å². The molecule has 0 spiro atoms. The number of carboxylic acid groups (broad SMARTS) is 1. The van der Waals surface area contributed by atoms with Gasteiger partial charge in [-0.1, -0.05) is 37.7 Å². The number of hydrogen-bond acceptors (Lipinski definition) is 5. The van der Waals surface area contributed by atoms with Gasteiger partial charge in [-0.15, -0.1) is 0 Å². The van der Waals surface area contributed by atoms with E-state index < -0.39 is 12.0 Å². The van der Waals surface area contributed by atoms with Gasteiger partial charge in [0.05, 0.1) is 12.7 Å². The summed E-state index contributed by atoms with van der Waals surface area (Å²) in [5, 5.41) is 13.7. The second-order valence-corrected chi connectivity index (χ2v) is 6.81. The molecule has 0 aromatic heterocycles. The van der Waals surface area contributed by atoms with Gasteiger partial charge in [-0.05, 0) is 24.6 Å². The Labute approximate surface area is 134 Å². The van der Waals surface area contributed by atoms with Gasteiger partial charge in [0.15, 0.2) is 5.17 Å². The van der Waals surface area contributed by atoms with Crippen LogP contribution in [-0.4, -0.2) is 28.6 Å². The minimum atomic E-state index is -0.955. The number of rotatable bonds is 4. The van der Waals surface area contributed by atoms with Gasteiger partial charge in [0.2, 0.25) is 0 Å². The van der Waals surface area contributed by atoms with Crippen molar-refractivity contribution in [1.82, 2.24) is 5.32 Å². The predicted octanol–water partition coefficient (Wildman–Crippen LogP) is 3.20. The highest BCUT2D eigenvalue weighted by molar-refractivity contribution is 8.14. The summed E-state index contributed by atoms with van der Waals surface area (Å²) in [6.07, 6.45) is 0. The van der Waals surface area contributed by atoms with Crippen LogP contribution in [0.1, 0.15) is 32.4 Å². The SMILES string of the molecule is COc1ccc(C2N=C(SC(C)C)NC(C)=C2C(=O)O)cc1. The van der Waals surface area contributed by atoms with Crippen LogP contribution in [0.3, 0.4) is 0 Å². The molecule has 0 radical (unpaired) electrons. The van der Waals surface area contributed by atoms with Crippen LogP contribution in [0.4, 0.5) is 0 Å². The molecule has 0 saturated carbocycles. The highest BCUT2D eigenvalue weighted by Crippen LogP contribution is 2.33. The summed E-state index contributed by atoms with van der Waals surface area (Å²) in [7, 11) is 1.60. The third-order valence-corrected chi connectivity index (χ3v) is 4.13. The van der Waals surface area contributed by atoms with Crippen molar-refractivity contribution in [2.24, 2.45) is 4.99 Å². The summed E-state index contributed by atoms with van der Waals surface area (Å²) in [6.45, 7) is 5.92. The van der Waals surface area contributed by atoms with Gasteiger partial charge in [-0.3, -0.25) is 0 Å². The lowest BCUT2D eigenvalue weighted by Gasteiger charge is -2.25. The van der Waals surface area contributed by atoms with Crippen LogP contribution in [0.25, 0.3) is 0 Å². The Morgan fingerprint density at radius 3 is 2.50 bits per heavy atom. The van der Waals surface area contributed by atoms with Crippen molar-refractivity contribution in [2.75, 3.05) is 7.11 Å². The van der Waals surface area contributed by atoms with E-state index in [4.69, 9.17) is 4.74 Å². The number of ether oxygens (including phenoxy) is 1. The second kappa shape index (κ2) is 6.87. The number of nitrogens with zero attached hydrogens (tertiary/aromatic N) is 1. The van der Waals surface area contributed by atoms with Crippen LogP contribution in [-0.2, 0) is 4.79 Å². The third-order valence-electron chi connectivity index (χ3n) is 3.23.